The van der Waals surface area contributed by atoms with Gasteiger partial charge < -0.3 is 14.5 Å². The van der Waals surface area contributed by atoms with Crippen molar-refractivity contribution in [3.63, 3.8) is 0 Å². The predicted octanol–water partition coefficient (Wildman–Crippen LogP) is 4.38. The predicted molar refractivity (Wildman–Crippen MR) is 97.9 cm³/mol. The fourth-order valence-corrected chi connectivity index (χ4v) is 2.73. The Morgan fingerprint density at radius 1 is 1.12 bits per heavy atom. The molecule has 1 aromatic heterocycles. The van der Waals surface area contributed by atoms with Crippen LogP contribution < -0.4 is 10.1 Å². The third-order valence-electron chi connectivity index (χ3n) is 4.07. The van der Waals surface area contributed by atoms with Crippen LogP contribution in [0.4, 0.5) is 4.39 Å². The summed E-state index contributed by atoms with van der Waals surface area (Å²) < 4.78 is 23.9. The van der Waals surface area contributed by atoms with Crippen molar-refractivity contribution in [2.75, 3.05) is 13.7 Å². The summed E-state index contributed by atoms with van der Waals surface area (Å²) >= 11 is 0. The standard InChI is InChI=1S/C21H20FNO3/c1-14-3-8-18(25-2)16(13-14)11-12-23-21(24)20-10-9-19(26-20)15-4-6-17(22)7-5-15/h3-10,13H,11-12H2,1-2H3,(H,23,24). The molecule has 0 saturated heterocycles. The molecule has 0 radical (unpaired) electrons. The minimum absolute atomic E-state index is 0.223. The molecular formula is C21H20FNO3. The summed E-state index contributed by atoms with van der Waals surface area (Å²) in [5, 5.41) is 2.84. The van der Waals surface area contributed by atoms with Crippen LogP contribution in [0.1, 0.15) is 21.7 Å². The first-order valence-electron chi connectivity index (χ1n) is 8.34. The van der Waals surface area contributed by atoms with Gasteiger partial charge in [-0.2, -0.15) is 0 Å². The number of carbonyl (C=O) groups excluding carboxylic acids is 1. The number of ether oxygens (including phenoxy) is 1. The zero-order chi connectivity index (χ0) is 18.5. The molecule has 0 aliphatic heterocycles. The van der Waals surface area contributed by atoms with Crippen molar-refractivity contribution in [2.45, 2.75) is 13.3 Å². The van der Waals surface area contributed by atoms with E-state index in [1.807, 2.05) is 25.1 Å². The molecule has 4 nitrogen and oxygen atoms in total. The van der Waals surface area contributed by atoms with Gasteiger partial charge in [-0.05, 0) is 61.4 Å². The number of amides is 1. The van der Waals surface area contributed by atoms with E-state index in [4.69, 9.17) is 9.15 Å². The van der Waals surface area contributed by atoms with Crippen molar-refractivity contribution in [1.82, 2.24) is 5.32 Å². The Morgan fingerprint density at radius 2 is 1.88 bits per heavy atom. The molecule has 0 aliphatic carbocycles. The summed E-state index contributed by atoms with van der Waals surface area (Å²) in [7, 11) is 1.63. The Bertz CT molecular complexity index is 900. The highest BCUT2D eigenvalue weighted by Crippen LogP contribution is 2.23. The molecule has 3 aromatic rings. The third kappa shape index (κ3) is 4.11. The van der Waals surface area contributed by atoms with Gasteiger partial charge >= 0.3 is 0 Å². The Morgan fingerprint density at radius 3 is 2.62 bits per heavy atom. The Labute approximate surface area is 151 Å². The second kappa shape index (κ2) is 7.87. The molecule has 2 aromatic carbocycles. The second-order valence-electron chi connectivity index (χ2n) is 5.99. The van der Waals surface area contributed by atoms with Crippen molar-refractivity contribution < 1.29 is 18.3 Å². The van der Waals surface area contributed by atoms with Crippen molar-refractivity contribution >= 4 is 5.91 Å². The van der Waals surface area contributed by atoms with Gasteiger partial charge in [-0.3, -0.25) is 4.79 Å². The third-order valence-corrected chi connectivity index (χ3v) is 4.07. The monoisotopic (exact) mass is 353 g/mol. The molecule has 0 spiro atoms. The molecule has 1 heterocycles. The van der Waals surface area contributed by atoms with Gasteiger partial charge in [0.15, 0.2) is 5.76 Å². The van der Waals surface area contributed by atoms with Crippen LogP contribution in [0.5, 0.6) is 5.75 Å². The smallest absolute Gasteiger partial charge is 0.287 e. The van der Waals surface area contributed by atoms with Gasteiger partial charge in [0.1, 0.15) is 17.3 Å². The summed E-state index contributed by atoms with van der Waals surface area (Å²) in [6, 6.07) is 15.2. The van der Waals surface area contributed by atoms with E-state index in [9.17, 15) is 9.18 Å². The van der Waals surface area contributed by atoms with Crippen LogP contribution in [0.2, 0.25) is 0 Å². The van der Waals surface area contributed by atoms with Gasteiger partial charge in [-0.1, -0.05) is 17.7 Å². The Hall–Kier alpha value is -3.08. The highest BCUT2D eigenvalue weighted by Gasteiger charge is 2.12. The molecule has 0 saturated carbocycles. The van der Waals surface area contributed by atoms with Crippen LogP contribution in [0.3, 0.4) is 0 Å². The Balaban J connectivity index is 1.61. The number of benzene rings is 2. The van der Waals surface area contributed by atoms with Crippen LogP contribution in [0.25, 0.3) is 11.3 Å². The molecule has 0 unspecified atom stereocenters. The zero-order valence-electron chi connectivity index (χ0n) is 14.7. The van der Waals surface area contributed by atoms with E-state index in [0.29, 0.717) is 18.7 Å². The van der Waals surface area contributed by atoms with E-state index in [1.54, 1.807) is 31.4 Å². The van der Waals surface area contributed by atoms with Crippen LogP contribution in [-0.2, 0) is 6.42 Å². The van der Waals surface area contributed by atoms with Crippen molar-refractivity contribution in [3.8, 4) is 17.1 Å². The van der Waals surface area contributed by atoms with Crippen molar-refractivity contribution in [3.05, 3.63) is 77.3 Å². The van der Waals surface area contributed by atoms with Gasteiger partial charge in [0.25, 0.3) is 5.91 Å². The number of nitrogens with one attached hydrogen (secondary N) is 1. The molecule has 0 atom stereocenters. The largest absolute Gasteiger partial charge is 0.496 e. The number of methoxy groups -OCH3 is 1. The minimum Gasteiger partial charge on any atom is -0.496 e. The Kier molecular flexibility index (Phi) is 5.37. The van der Waals surface area contributed by atoms with E-state index < -0.39 is 0 Å². The van der Waals surface area contributed by atoms with Gasteiger partial charge in [0.05, 0.1) is 7.11 Å². The molecule has 1 amide bonds. The molecular weight excluding hydrogens is 333 g/mol. The number of hydrogen-bond donors (Lipinski definition) is 1. The van der Waals surface area contributed by atoms with E-state index in [0.717, 1.165) is 22.4 Å². The second-order valence-corrected chi connectivity index (χ2v) is 5.99. The van der Waals surface area contributed by atoms with Crippen LogP contribution >= 0.6 is 0 Å². The van der Waals surface area contributed by atoms with E-state index >= 15 is 0 Å². The zero-order valence-corrected chi connectivity index (χ0v) is 14.7. The molecule has 134 valence electrons. The number of furan rings is 1. The van der Waals surface area contributed by atoms with Crippen LogP contribution in [-0.4, -0.2) is 19.6 Å². The van der Waals surface area contributed by atoms with Crippen molar-refractivity contribution in [2.24, 2.45) is 0 Å². The lowest BCUT2D eigenvalue weighted by molar-refractivity contribution is 0.0927. The molecule has 1 N–H and O–H groups in total. The lowest BCUT2D eigenvalue weighted by Crippen LogP contribution is -2.25. The van der Waals surface area contributed by atoms with Gasteiger partial charge in [0.2, 0.25) is 0 Å². The van der Waals surface area contributed by atoms with E-state index in [1.165, 1.54) is 12.1 Å². The number of aryl methyl sites for hydroxylation is 1. The number of hydrogen-bond acceptors (Lipinski definition) is 3. The summed E-state index contributed by atoms with van der Waals surface area (Å²) in [5.74, 6) is 0.951. The quantitative estimate of drug-likeness (QED) is 0.716. The first-order valence-corrected chi connectivity index (χ1v) is 8.34. The first kappa shape index (κ1) is 17.7. The molecule has 0 aliphatic rings. The fraction of sp³-hybridized carbons (Fsp3) is 0.190. The van der Waals surface area contributed by atoms with Crippen molar-refractivity contribution in [1.29, 1.82) is 0 Å². The van der Waals surface area contributed by atoms with E-state index in [-0.39, 0.29) is 17.5 Å². The highest BCUT2D eigenvalue weighted by atomic mass is 19.1. The molecule has 26 heavy (non-hydrogen) atoms. The fourth-order valence-electron chi connectivity index (χ4n) is 2.73. The minimum atomic E-state index is -0.315. The van der Waals surface area contributed by atoms with Gasteiger partial charge in [-0.15, -0.1) is 0 Å². The summed E-state index contributed by atoms with van der Waals surface area (Å²) in [6.45, 7) is 2.48. The molecule has 0 bridgehead atoms. The number of rotatable bonds is 6. The number of halogens is 1. The normalized spacial score (nSPS) is 10.6. The highest BCUT2D eigenvalue weighted by molar-refractivity contribution is 5.92. The SMILES string of the molecule is COc1ccc(C)cc1CCNC(=O)c1ccc(-c2ccc(F)cc2)o1. The summed E-state index contributed by atoms with van der Waals surface area (Å²) in [4.78, 5) is 12.3. The molecule has 0 fully saturated rings. The van der Waals surface area contributed by atoms with E-state index in [2.05, 4.69) is 5.32 Å². The molecule has 5 heteroatoms. The van der Waals surface area contributed by atoms with Crippen LogP contribution in [0.15, 0.2) is 59.0 Å². The number of carbonyl (C=O) groups is 1. The summed E-state index contributed by atoms with van der Waals surface area (Å²) in [6.07, 6.45) is 0.655. The topological polar surface area (TPSA) is 51.5 Å². The average molecular weight is 353 g/mol. The molecule has 3 rings (SSSR count). The maximum Gasteiger partial charge on any atom is 0.287 e. The lowest BCUT2D eigenvalue weighted by atomic mass is 10.1. The first-order chi connectivity index (χ1) is 12.6. The lowest BCUT2D eigenvalue weighted by Gasteiger charge is -2.10. The van der Waals surface area contributed by atoms with Crippen LogP contribution in [0, 0.1) is 12.7 Å². The summed E-state index contributed by atoms with van der Waals surface area (Å²) in [5.41, 5.74) is 2.90. The van der Waals surface area contributed by atoms with Gasteiger partial charge in [0, 0.05) is 12.1 Å². The maximum absolute atomic E-state index is 13.0. The maximum atomic E-state index is 13.0. The van der Waals surface area contributed by atoms with Gasteiger partial charge in [-0.25, -0.2) is 4.39 Å². The average Bonchev–Trinajstić information content (AvgIpc) is 3.13.